The average Bonchev–Trinajstić information content (AvgIpc) is 3.28. The predicted molar refractivity (Wildman–Crippen MR) is 121 cm³/mol. The quantitative estimate of drug-likeness (QED) is 0.601. The fourth-order valence-electron chi connectivity index (χ4n) is 5.49. The molecular weight excluding hydrogens is 394 g/mol. The SMILES string of the molecule is C[Si](C)(C)C1=C2CCCC2=CC2[C@@H]1c1ccccc1N2S(=O)(=O)c1ccccc1. The van der Waals surface area contributed by atoms with E-state index >= 15 is 0 Å². The van der Waals surface area contributed by atoms with Gasteiger partial charge >= 0.3 is 0 Å². The van der Waals surface area contributed by atoms with Gasteiger partial charge in [0.05, 0.1) is 24.7 Å². The Kier molecular flexibility index (Phi) is 4.20. The molecule has 1 unspecified atom stereocenters. The van der Waals surface area contributed by atoms with Crippen molar-refractivity contribution in [2.24, 2.45) is 0 Å². The van der Waals surface area contributed by atoms with Gasteiger partial charge in [-0.3, -0.25) is 4.31 Å². The van der Waals surface area contributed by atoms with E-state index < -0.39 is 18.1 Å². The maximum absolute atomic E-state index is 13.8. The molecule has 150 valence electrons. The first-order valence-corrected chi connectivity index (χ1v) is 15.4. The van der Waals surface area contributed by atoms with E-state index in [4.69, 9.17) is 0 Å². The molecule has 5 rings (SSSR count). The van der Waals surface area contributed by atoms with Crippen LogP contribution < -0.4 is 4.31 Å². The molecule has 1 aliphatic heterocycles. The van der Waals surface area contributed by atoms with Gasteiger partial charge in [-0.25, -0.2) is 8.42 Å². The lowest BCUT2D eigenvalue weighted by Crippen LogP contribution is -2.43. The van der Waals surface area contributed by atoms with E-state index in [9.17, 15) is 8.42 Å². The fourth-order valence-corrected chi connectivity index (χ4v) is 9.60. The minimum Gasteiger partial charge on any atom is -0.258 e. The van der Waals surface area contributed by atoms with Gasteiger partial charge in [0.15, 0.2) is 0 Å². The van der Waals surface area contributed by atoms with Crippen LogP contribution in [0.1, 0.15) is 30.7 Å². The average molecular weight is 422 g/mol. The van der Waals surface area contributed by atoms with Crippen LogP contribution in [0.2, 0.25) is 19.6 Å². The van der Waals surface area contributed by atoms with E-state index in [1.807, 2.05) is 18.2 Å². The topological polar surface area (TPSA) is 37.4 Å². The second kappa shape index (κ2) is 6.44. The van der Waals surface area contributed by atoms with Crippen molar-refractivity contribution in [3.8, 4) is 0 Å². The highest BCUT2D eigenvalue weighted by Gasteiger charge is 2.50. The van der Waals surface area contributed by atoms with Crippen molar-refractivity contribution in [3.63, 3.8) is 0 Å². The number of allylic oxidation sites excluding steroid dienone is 2. The summed E-state index contributed by atoms with van der Waals surface area (Å²) in [6.07, 6.45) is 5.67. The number of para-hydroxylation sites is 1. The van der Waals surface area contributed by atoms with Gasteiger partial charge in [-0.1, -0.05) is 67.3 Å². The van der Waals surface area contributed by atoms with Crippen molar-refractivity contribution in [1.82, 2.24) is 0 Å². The molecule has 0 radical (unpaired) electrons. The number of sulfonamides is 1. The van der Waals surface area contributed by atoms with Crippen molar-refractivity contribution in [2.45, 2.75) is 55.8 Å². The monoisotopic (exact) mass is 421 g/mol. The Labute approximate surface area is 174 Å². The third kappa shape index (κ3) is 2.78. The molecule has 5 heteroatoms. The number of anilines is 1. The standard InChI is InChI=1S/C24H27NO2SSi/c1-29(2,3)24-19-14-9-10-17(19)16-22-23(24)20-13-7-8-15-21(20)25(22)28(26,27)18-11-5-4-6-12-18/h4-8,11-13,15-16,22-23H,9-10,14H2,1-3H3/t22?,23-/m0/s1. The molecule has 1 fully saturated rings. The first-order valence-electron chi connectivity index (χ1n) is 10.4. The summed E-state index contributed by atoms with van der Waals surface area (Å²) in [5.41, 5.74) is 4.95. The second-order valence-electron chi connectivity index (χ2n) is 9.33. The van der Waals surface area contributed by atoms with E-state index in [1.165, 1.54) is 17.6 Å². The molecule has 3 aliphatic rings. The van der Waals surface area contributed by atoms with Crippen molar-refractivity contribution in [1.29, 1.82) is 0 Å². The van der Waals surface area contributed by atoms with Gasteiger partial charge in [0.1, 0.15) is 0 Å². The number of rotatable bonds is 3. The van der Waals surface area contributed by atoms with Crippen LogP contribution >= 0.6 is 0 Å². The van der Waals surface area contributed by atoms with Crippen LogP contribution in [-0.4, -0.2) is 22.5 Å². The molecule has 2 atom stereocenters. The van der Waals surface area contributed by atoms with Crippen molar-refractivity contribution in [3.05, 3.63) is 82.6 Å². The van der Waals surface area contributed by atoms with Gasteiger partial charge in [-0.05, 0) is 54.2 Å². The molecule has 0 aromatic heterocycles. The minimum atomic E-state index is -3.64. The van der Waals surface area contributed by atoms with Gasteiger partial charge in [-0.15, -0.1) is 0 Å². The van der Waals surface area contributed by atoms with Crippen molar-refractivity contribution >= 4 is 23.8 Å². The second-order valence-corrected chi connectivity index (χ2v) is 16.2. The van der Waals surface area contributed by atoms with Crippen LogP contribution in [0.4, 0.5) is 5.69 Å². The van der Waals surface area contributed by atoms with E-state index in [2.05, 4.69) is 37.8 Å². The molecule has 1 saturated carbocycles. The zero-order chi connectivity index (χ0) is 20.4. The molecule has 0 bridgehead atoms. The van der Waals surface area contributed by atoms with E-state index in [1.54, 1.807) is 39.3 Å². The van der Waals surface area contributed by atoms with E-state index in [-0.39, 0.29) is 12.0 Å². The number of nitrogens with zero attached hydrogens (tertiary/aromatic N) is 1. The molecule has 29 heavy (non-hydrogen) atoms. The summed E-state index contributed by atoms with van der Waals surface area (Å²) in [6, 6.07) is 16.8. The Morgan fingerprint density at radius 2 is 1.62 bits per heavy atom. The summed E-state index contributed by atoms with van der Waals surface area (Å²) in [7, 11) is -5.29. The first-order chi connectivity index (χ1) is 13.8. The Morgan fingerprint density at radius 1 is 0.931 bits per heavy atom. The highest BCUT2D eigenvalue weighted by Crippen LogP contribution is 2.55. The van der Waals surface area contributed by atoms with Gasteiger partial charge < -0.3 is 0 Å². The largest absolute Gasteiger partial charge is 0.264 e. The smallest absolute Gasteiger partial charge is 0.258 e. The van der Waals surface area contributed by atoms with Crippen molar-refractivity contribution in [2.75, 3.05) is 4.31 Å². The predicted octanol–water partition coefficient (Wildman–Crippen LogP) is 5.65. The highest BCUT2D eigenvalue weighted by molar-refractivity contribution is 7.93. The zero-order valence-electron chi connectivity index (χ0n) is 17.2. The molecule has 0 N–H and O–H groups in total. The molecule has 0 saturated heterocycles. The lowest BCUT2D eigenvalue weighted by Gasteiger charge is -2.38. The lowest BCUT2D eigenvalue weighted by atomic mass is 9.85. The van der Waals surface area contributed by atoms with Crippen LogP contribution in [0, 0.1) is 0 Å². The van der Waals surface area contributed by atoms with Gasteiger partial charge in [0.2, 0.25) is 0 Å². The van der Waals surface area contributed by atoms with Gasteiger partial charge in [-0.2, -0.15) is 0 Å². The van der Waals surface area contributed by atoms with Crippen LogP contribution in [0.5, 0.6) is 0 Å². The Hall–Kier alpha value is -2.11. The van der Waals surface area contributed by atoms with Crippen molar-refractivity contribution < 1.29 is 8.42 Å². The van der Waals surface area contributed by atoms with Crippen LogP contribution in [0.15, 0.2) is 81.9 Å². The molecule has 3 nitrogen and oxygen atoms in total. The number of fused-ring (bicyclic) bond motifs is 4. The fraction of sp³-hybridized carbons (Fsp3) is 0.333. The zero-order valence-corrected chi connectivity index (χ0v) is 19.0. The number of benzene rings is 2. The van der Waals surface area contributed by atoms with Gasteiger partial charge in [0.25, 0.3) is 10.0 Å². The third-order valence-electron chi connectivity index (χ3n) is 6.50. The first kappa shape index (κ1) is 18.9. The number of hydrogen-bond donors (Lipinski definition) is 0. The minimum absolute atomic E-state index is 0.146. The summed E-state index contributed by atoms with van der Waals surface area (Å²) in [5.74, 6) is 0.146. The molecule has 2 aromatic rings. The third-order valence-corrected chi connectivity index (χ3v) is 10.6. The maximum Gasteiger partial charge on any atom is 0.264 e. The summed E-state index contributed by atoms with van der Waals surface area (Å²) in [6.45, 7) is 7.22. The summed E-state index contributed by atoms with van der Waals surface area (Å²) in [5, 5.41) is 1.57. The van der Waals surface area contributed by atoms with Crippen LogP contribution in [0.25, 0.3) is 0 Å². The van der Waals surface area contributed by atoms with Crippen LogP contribution in [-0.2, 0) is 10.0 Å². The molecular formula is C24H27NO2SSi. The molecule has 0 amide bonds. The molecule has 1 heterocycles. The summed E-state index contributed by atoms with van der Waals surface area (Å²) in [4.78, 5) is 0.365. The molecule has 2 aromatic carbocycles. The summed E-state index contributed by atoms with van der Waals surface area (Å²) >= 11 is 0. The summed E-state index contributed by atoms with van der Waals surface area (Å²) < 4.78 is 29.3. The number of hydrogen-bond acceptors (Lipinski definition) is 2. The highest BCUT2D eigenvalue weighted by atomic mass is 32.2. The van der Waals surface area contributed by atoms with E-state index in [0.717, 1.165) is 18.5 Å². The molecule has 0 spiro atoms. The molecule has 2 aliphatic carbocycles. The Bertz CT molecular complexity index is 1140. The Morgan fingerprint density at radius 3 is 2.34 bits per heavy atom. The Balaban J connectivity index is 1.76. The van der Waals surface area contributed by atoms with Gasteiger partial charge in [0, 0.05) is 5.92 Å². The maximum atomic E-state index is 13.8. The normalized spacial score (nSPS) is 23.6. The van der Waals surface area contributed by atoms with Crippen LogP contribution in [0.3, 0.4) is 0 Å². The van der Waals surface area contributed by atoms with E-state index in [0.29, 0.717) is 4.90 Å². The lowest BCUT2D eigenvalue weighted by molar-refractivity contribution is 0.583.